The summed E-state index contributed by atoms with van der Waals surface area (Å²) in [5.74, 6) is 1.27. The van der Waals surface area contributed by atoms with Crippen LogP contribution in [0.3, 0.4) is 0 Å². The van der Waals surface area contributed by atoms with Crippen LogP contribution in [-0.2, 0) is 13.0 Å². The van der Waals surface area contributed by atoms with E-state index in [1.807, 2.05) is 30.3 Å². The summed E-state index contributed by atoms with van der Waals surface area (Å²) in [5.41, 5.74) is 2.97. The highest BCUT2D eigenvalue weighted by Gasteiger charge is 2.21. The maximum Gasteiger partial charge on any atom is 0.254 e. The zero-order valence-electron chi connectivity index (χ0n) is 16.5. The molecule has 1 N–H and O–H groups in total. The molecule has 2 heterocycles. The number of benzene rings is 2. The molecule has 1 fully saturated rings. The predicted molar refractivity (Wildman–Crippen MR) is 115 cm³/mol. The Balaban J connectivity index is 1.27. The average Bonchev–Trinajstić information content (AvgIpc) is 2.79. The number of piperidine rings is 1. The average molecular weight is 386 g/mol. The molecule has 5 heteroatoms. The first-order valence-electron chi connectivity index (χ1n) is 10.2. The van der Waals surface area contributed by atoms with Gasteiger partial charge in [0.15, 0.2) is 0 Å². The van der Waals surface area contributed by atoms with Crippen molar-refractivity contribution in [2.75, 3.05) is 18.0 Å². The van der Waals surface area contributed by atoms with E-state index in [2.05, 4.69) is 50.5 Å². The Hall–Kier alpha value is -3.21. The van der Waals surface area contributed by atoms with Gasteiger partial charge in [0.1, 0.15) is 0 Å². The van der Waals surface area contributed by atoms with Crippen molar-refractivity contribution < 1.29 is 4.79 Å². The van der Waals surface area contributed by atoms with Gasteiger partial charge in [-0.1, -0.05) is 60.7 Å². The van der Waals surface area contributed by atoms with Gasteiger partial charge in [0.05, 0.1) is 5.56 Å². The fourth-order valence-electron chi connectivity index (χ4n) is 3.77. The number of carbonyl (C=O) groups is 1. The third-order valence-electron chi connectivity index (χ3n) is 5.46. The van der Waals surface area contributed by atoms with Gasteiger partial charge in [-0.2, -0.15) is 0 Å². The molecule has 0 saturated carbocycles. The van der Waals surface area contributed by atoms with E-state index in [0.717, 1.165) is 37.9 Å². The van der Waals surface area contributed by atoms with Crippen LogP contribution < -0.4 is 10.2 Å². The molecule has 1 aromatic heterocycles. The standard InChI is InChI=1S/C24H26N4O/c29-23(25-16-21-9-5-2-6-10-21)22-17-26-24(27-18-22)28-13-11-20(12-14-28)15-19-7-3-1-4-8-19/h1-10,17-18,20H,11-16H2,(H,25,29). The van der Waals surface area contributed by atoms with Crippen molar-refractivity contribution in [1.82, 2.24) is 15.3 Å². The van der Waals surface area contributed by atoms with Gasteiger partial charge in [-0.15, -0.1) is 0 Å². The van der Waals surface area contributed by atoms with E-state index >= 15 is 0 Å². The lowest BCUT2D eigenvalue weighted by Gasteiger charge is -2.32. The molecule has 0 bridgehead atoms. The summed E-state index contributed by atoms with van der Waals surface area (Å²) in [7, 11) is 0. The highest BCUT2D eigenvalue weighted by atomic mass is 16.1. The third kappa shape index (κ3) is 5.19. The Morgan fingerprint density at radius 1 is 0.897 bits per heavy atom. The summed E-state index contributed by atoms with van der Waals surface area (Å²) in [4.78, 5) is 23.4. The molecule has 3 aromatic rings. The molecular formula is C24H26N4O. The molecule has 1 saturated heterocycles. The molecule has 2 aromatic carbocycles. The number of anilines is 1. The minimum absolute atomic E-state index is 0.151. The molecule has 5 nitrogen and oxygen atoms in total. The van der Waals surface area contributed by atoms with Gasteiger partial charge >= 0.3 is 0 Å². The van der Waals surface area contributed by atoms with Crippen molar-refractivity contribution in [3.63, 3.8) is 0 Å². The molecule has 0 spiro atoms. The lowest BCUT2D eigenvalue weighted by atomic mass is 9.90. The van der Waals surface area contributed by atoms with Crippen LogP contribution in [0.25, 0.3) is 0 Å². The van der Waals surface area contributed by atoms with Crippen molar-refractivity contribution in [1.29, 1.82) is 0 Å². The van der Waals surface area contributed by atoms with Crippen LogP contribution in [0.15, 0.2) is 73.1 Å². The van der Waals surface area contributed by atoms with E-state index in [1.165, 1.54) is 5.56 Å². The summed E-state index contributed by atoms with van der Waals surface area (Å²) in [5, 5.41) is 2.91. The topological polar surface area (TPSA) is 58.1 Å². The Labute approximate surface area is 171 Å². The second kappa shape index (κ2) is 9.32. The Morgan fingerprint density at radius 3 is 2.10 bits per heavy atom. The Morgan fingerprint density at radius 2 is 1.48 bits per heavy atom. The van der Waals surface area contributed by atoms with Crippen LogP contribution in [0.1, 0.15) is 34.3 Å². The van der Waals surface area contributed by atoms with E-state index in [-0.39, 0.29) is 5.91 Å². The zero-order chi connectivity index (χ0) is 19.9. The lowest BCUT2D eigenvalue weighted by molar-refractivity contribution is 0.0950. The van der Waals surface area contributed by atoms with Crippen LogP contribution in [-0.4, -0.2) is 29.0 Å². The normalized spacial score (nSPS) is 14.6. The minimum Gasteiger partial charge on any atom is -0.348 e. The molecule has 1 aliphatic rings. The van der Waals surface area contributed by atoms with Crippen LogP contribution in [0, 0.1) is 5.92 Å². The van der Waals surface area contributed by atoms with Gasteiger partial charge < -0.3 is 10.2 Å². The third-order valence-corrected chi connectivity index (χ3v) is 5.46. The summed E-state index contributed by atoms with van der Waals surface area (Å²) < 4.78 is 0. The zero-order valence-corrected chi connectivity index (χ0v) is 16.5. The molecule has 1 amide bonds. The summed E-state index contributed by atoms with van der Waals surface area (Å²) in [6.45, 7) is 2.41. The number of nitrogens with zero attached hydrogens (tertiary/aromatic N) is 3. The number of amides is 1. The second-order valence-corrected chi connectivity index (χ2v) is 7.56. The van der Waals surface area contributed by atoms with Gasteiger partial charge in [-0.3, -0.25) is 4.79 Å². The number of aromatic nitrogens is 2. The molecule has 29 heavy (non-hydrogen) atoms. The second-order valence-electron chi connectivity index (χ2n) is 7.56. The first-order valence-corrected chi connectivity index (χ1v) is 10.2. The van der Waals surface area contributed by atoms with Gasteiger partial charge in [-0.25, -0.2) is 9.97 Å². The number of carbonyl (C=O) groups excluding carboxylic acids is 1. The number of rotatable bonds is 6. The smallest absolute Gasteiger partial charge is 0.254 e. The van der Waals surface area contributed by atoms with Gasteiger partial charge in [-0.05, 0) is 36.3 Å². The number of nitrogens with one attached hydrogen (secondary N) is 1. The van der Waals surface area contributed by atoms with Crippen LogP contribution in [0.2, 0.25) is 0 Å². The Kier molecular flexibility index (Phi) is 6.15. The summed E-state index contributed by atoms with van der Waals surface area (Å²) in [6.07, 6.45) is 6.66. The number of hydrogen-bond acceptors (Lipinski definition) is 4. The van der Waals surface area contributed by atoms with Crippen molar-refractivity contribution in [3.05, 3.63) is 89.7 Å². The van der Waals surface area contributed by atoms with Gasteiger partial charge in [0.2, 0.25) is 5.95 Å². The van der Waals surface area contributed by atoms with Gasteiger partial charge in [0.25, 0.3) is 5.91 Å². The van der Waals surface area contributed by atoms with E-state index in [0.29, 0.717) is 24.0 Å². The molecule has 1 aliphatic heterocycles. The largest absolute Gasteiger partial charge is 0.348 e. The van der Waals surface area contributed by atoms with Crippen LogP contribution in [0.4, 0.5) is 5.95 Å². The highest BCUT2D eigenvalue weighted by Crippen LogP contribution is 2.23. The van der Waals surface area contributed by atoms with Crippen molar-refractivity contribution >= 4 is 11.9 Å². The minimum atomic E-state index is -0.151. The van der Waals surface area contributed by atoms with E-state index in [9.17, 15) is 4.79 Å². The maximum atomic E-state index is 12.3. The summed E-state index contributed by atoms with van der Waals surface area (Å²) >= 11 is 0. The SMILES string of the molecule is O=C(NCc1ccccc1)c1cnc(N2CCC(Cc3ccccc3)CC2)nc1. The molecule has 148 valence electrons. The van der Waals surface area contributed by atoms with Crippen molar-refractivity contribution in [2.45, 2.75) is 25.8 Å². The monoisotopic (exact) mass is 386 g/mol. The van der Waals surface area contributed by atoms with Crippen LogP contribution >= 0.6 is 0 Å². The first-order chi connectivity index (χ1) is 14.3. The lowest BCUT2D eigenvalue weighted by Crippen LogP contribution is -2.35. The van der Waals surface area contributed by atoms with Gasteiger partial charge in [0, 0.05) is 32.0 Å². The summed E-state index contributed by atoms with van der Waals surface area (Å²) in [6, 6.07) is 20.5. The van der Waals surface area contributed by atoms with E-state index in [1.54, 1.807) is 12.4 Å². The fourth-order valence-corrected chi connectivity index (χ4v) is 3.77. The van der Waals surface area contributed by atoms with E-state index < -0.39 is 0 Å². The van der Waals surface area contributed by atoms with E-state index in [4.69, 9.17) is 0 Å². The molecule has 0 radical (unpaired) electrons. The fraction of sp³-hybridized carbons (Fsp3) is 0.292. The molecule has 4 rings (SSSR count). The first kappa shape index (κ1) is 19.1. The molecule has 0 atom stereocenters. The van der Waals surface area contributed by atoms with Crippen molar-refractivity contribution in [2.24, 2.45) is 5.92 Å². The molecule has 0 unspecified atom stereocenters. The maximum absolute atomic E-state index is 12.3. The quantitative estimate of drug-likeness (QED) is 0.699. The Bertz CT molecular complexity index is 905. The predicted octanol–water partition coefficient (Wildman–Crippen LogP) is 3.87. The molecular weight excluding hydrogens is 360 g/mol. The number of hydrogen-bond donors (Lipinski definition) is 1. The van der Waals surface area contributed by atoms with Crippen molar-refractivity contribution in [3.8, 4) is 0 Å². The highest BCUT2D eigenvalue weighted by molar-refractivity contribution is 5.93. The molecule has 0 aliphatic carbocycles. The van der Waals surface area contributed by atoms with Crippen LogP contribution in [0.5, 0.6) is 0 Å².